The molecule has 1 aromatic carbocycles. The SMILES string of the molecule is c1ccc2c(c1)OCC1=C2OCO1. The van der Waals surface area contributed by atoms with Crippen LogP contribution in [0.25, 0.3) is 5.76 Å². The fourth-order valence-corrected chi connectivity index (χ4v) is 1.56. The molecular formula is C10H8O3. The van der Waals surface area contributed by atoms with Gasteiger partial charge in [-0.1, -0.05) is 12.1 Å². The van der Waals surface area contributed by atoms with E-state index in [1.54, 1.807) is 0 Å². The second-order valence-electron chi connectivity index (χ2n) is 2.94. The number of fused-ring (bicyclic) bond motifs is 2. The van der Waals surface area contributed by atoms with Crippen LogP contribution in [-0.4, -0.2) is 13.4 Å². The maximum absolute atomic E-state index is 5.47. The molecule has 3 rings (SSSR count). The predicted molar refractivity (Wildman–Crippen MR) is 45.9 cm³/mol. The maximum atomic E-state index is 5.47. The van der Waals surface area contributed by atoms with Crippen LogP contribution in [0, 0.1) is 0 Å². The Morgan fingerprint density at radius 3 is 2.92 bits per heavy atom. The Morgan fingerprint density at radius 1 is 1.00 bits per heavy atom. The lowest BCUT2D eigenvalue weighted by atomic mass is 10.1. The minimum atomic E-state index is 0.308. The summed E-state index contributed by atoms with van der Waals surface area (Å²) in [6, 6.07) is 7.80. The van der Waals surface area contributed by atoms with Gasteiger partial charge in [0.05, 0.1) is 5.56 Å². The van der Waals surface area contributed by atoms with Crippen LogP contribution in [0.4, 0.5) is 0 Å². The lowest BCUT2D eigenvalue weighted by molar-refractivity contribution is 0.0794. The van der Waals surface area contributed by atoms with Gasteiger partial charge >= 0.3 is 0 Å². The van der Waals surface area contributed by atoms with Crippen LogP contribution in [0.3, 0.4) is 0 Å². The third-order valence-electron chi connectivity index (χ3n) is 2.18. The van der Waals surface area contributed by atoms with Crippen molar-refractivity contribution in [3.8, 4) is 5.75 Å². The topological polar surface area (TPSA) is 27.7 Å². The lowest BCUT2D eigenvalue weighted by Gasteiger charge is -2.15. The number of para-hydroxylation sites is 1. The first-order valence-electron chi connectivity index (χ1n) is 4.16. The molecule has 0 saturated carbocycles. The second-order valence-corrected chi connectivity index (χ2v) is 2.94. The molecule has 0 radical (unpaired) electrons. The Bertz CT molecular complexity index is 382. The Morgan fingerprint density at radius 2 is 1.92 bits per heavy atom. The van der Waals surface area contributed by atoms with Gasteiger partial charge in [-0.2, -0.15) is 0 Å². The average Bonchev–Trinajstić information content (AvgIpc) is 2.65. The van der Waals surface area contributed by atoms with Gasteiger partial charge in [0, 0.05) is 0 Å². The van der Waals surface area contributed by atoms with E-state index in [-0.39, 0.29) is 0 Å². The quantitative estimate of drug-likeness (QED) is 0.602. The summed E-state index contributed by atoms with van der Waals surface area (Å²) >= 11 is 0. The van der Waals surface area contributed by atoms with Gasteiger partial charge in [-0.3, -0.25) is 0 Å². The van der Waals surface area contributed by atoms with Crippen molar-refractivity contribution >= 4 is 5.76 Å². The fourth-order valence-electron chi connectivity index (χ4n) is 1.56. The molecule has 3 heteroatoms. The van der Waals surface area contributed by atoms with Crippen molar-refractivity contribution in [1.29, 1.82) is 0 Å². The Kier molecular flexibility index (Phi) is 1.27. The molecule has 0 aromatic heterocycles. The molecule has 13 heavy (non-hydrogen) atoms. The summed E-state index contributed by atoms with van der Waals surface area (Å²) in [5.41, 5.74) is 0.987. The molecule has 0 unspecified atom stereocenters. The zero-order valence-electron chi connectivity index (χ0n) is 6.95. The first kappa shape index (κ1) is 6.83. The van der Waals surface area contributed by atoms with Crippen LogP contribution in [-0.2, 0) is 9.47 Å². The van der Waals surface area contributed by atoms with E-state index in [0.717, 1.165) is 22.8 Å². The summed E-state index contributed by atoms with van der Waals surface area (Å²) in [5, 5.41) is 0. The number of hydrogen-bond donors (Lipinski definition) is 0. The standard InChI is InChI=1S/C10H8O3/c1-2-4-8-7(3-1)10-9(5-11-8)12-6-13-10/h1-4H,5-6H2. The molecule has 0 N–H and O–H groups in total. The third-order valence-corrected chi connectivity index (χ3v) is 2.18. The molecule has 0 amide bonds. The summed E-state index contributed by atoms with van der Waals surface area (Å²) in [7, 11) is 0. The van der Waals surface area contributed by atoms with Crippen molar-refractivity contribution in [2.45, 2.75) is 0 Å². The molecular weight excluding hydrogens is 168 g/mol. The molecule has 3 nitrogen and oxygen atoms in total. The van der Waals surface area contributed by atoms with E-state index in [4.69, 9.17) is 14.2 Å². The normalized spacial score (nSPS) is 18.2. The zero-order chi connectivity index (χ0) is 8.67. The molecule has 2 aliphatic heterocycles. The first-order chi connectivity index (χ1) is 6.45. The van der Waals surface area contributed by atoms with Gasteiger partial charge in [0.15, 0.2) is 11.5 Å². The molecule has 0 bridgehead atoms. The van der Waals surface area contributed by atoms with Crippen LogP contribution < -0.4 is 4.74 Å². The van der Waals surface area contributed by atoms with Crippen LogP contribution in [0.1, 0.15) is 5.56 Å². The molecule has 0 atom stereocenters. The number of rotatable bonds is 0. The van der Waals surface area contributed by atoms with Crippen molar-refractivity contribution in [2.24, 2.45) is 0 Å². The molecule has 66 valence electrons. The van der Waals surface area contributed by atoms with Crippen LogP contribution >= 0.6 is 0 Å². The molecule has 0 fully saturated rings. The van der Waals surface area contributed by atoms with Crippen molar-refractivity contribution in [3.63, 3.8) is 0 Å². The van der Waals surface area contributed by atoms with E-state index >= 15 is 0 Å². The number of benzene rings is 1. The monoisotopic (exact) mass is 176 g/mol. The summed E-state index contributed by atoms with van der Waals surface area (Å²) < 4.78 is 16.1. The van der Waals surface area contributed by atoms with E-state index in [1.807, 2.05) is 24.3 Å². The Balaban J connectivity index is 2.18. The summed E-state index contributed by atoms with van der Waals surface area (Å²) in [6.45, 7) is 0.786. The molecule has 0 aliphatic carbocycles. The largest absolute Gasteiger partial charge is 0.485 e. The van der Waals surface area contributed by atoms with Crippen LogP contribution in [0.5, 0.6) is 5.75 Å². The lowest BCUT2D eigenvalue weighted by Crippen LogP contribution is -2.09. The molecule has 2 heterocycles. The van der Waals surface area contributed by atoms with Crippen LogP contribution in [0.2, 0.25) is 0 Å². The smallest absolute Gasteiger partial charge is 0.231 e. The van der Waals surface area contributed by atoms with E-state index in [0.29, 0.717) is 13.4 Å². The van der Waals surface area contributed by atoms with E-state index in [9.17, 15) is 0 Å². The minimum absolute atomic E-state index is 0.308. The molecule has 0 spiro atoms. The molecule has 0 saturated heterocycles. The van der Waals surface area contributed by atoms with E-state index in [1.165, 1.54) is 0 Å². The predicted octanol–water partition coefficient (Wildman–Crippen LogP) is 1.75. The Hall–Kier alpha value is -1.64. The maximum Gasteiger partial charge on any atom is 0.231 e. The van der Waals surface area contributed by atoms with Crippen molar-refractivity contribution in [1.82, 2.24) is 0 Å². The van der Waals surface area contributed by atoms with Gasteiger partial charge in [0.2, 0.25) is 6.79 Å². The van der Waals surface area contributed by atoms with Gasteiger partial charge in [0.1, 0.15) is 12.4 Å². The van der Waals surface area contributed by atoms with Gasteiger partial charge in [-0.05, 0) is 12.1 Å². The average molecular weight is 176 g/mol. The van der Waals surface area contributed by atoms with E-state index < -0.39 is 0 Å². The highest BCUT2D eigenvalue weighted by Crippen LogP contribution is 2.36. The fraction of sp³-hybridized carbons (Fsp3) is 0.200. The molecule has 2 aliphatic rings. The van der Waals surface area contributed by atoms with Crippen molar-refractivity contribution in [2.75, 3.05) is 13.4 Å². The zero-order valence-corrected chi connectivity index (χ0v) is 6.95. The first-order valence-corrected chi connectivity index (χ1v) is 4.16. The van der Waals surface area contributed by atoms with Gasteiger partial charge < -0.3 is 14.2 Å². The Labute approximate surface area is 75.5 Å². The minimum Gasteiger partial charge on any atom is -0.485 e. The second kappa shape index (κ2) is 2.42. The highest BCUT2D eigenvalue weighted by Gasteiger charge is 2.26. The van der Waals surface area contributed by atoms with Crippen molar-refractivity contribution in [3.05, 3.63) is 35.6 Å². The van der Waals surface area contributed by atoms with Crippen LogP contribution in [0.15, 0.2) is 30.0 Å². The van der Waals surface area contributed by atoms with E-state index in [2.05, 4.69) is 0 Å². The third kappa shape index (κ3) is 0.900. The van der Waals surface area contributed by atoms with Crippen molar-refractivity contribution < 1.29 is 14.2 Å². The van der Waals surface area contributed by atoms with Gasteiger partial charge in [-0.15, -0.1) is 0 Å². The highest BCUT2D eigenvalue weighted by atomic mass is 16.7. The summed E-state index contributed by atoms with van der Waals surface area (Å²) in [6.07, 6.45) is 0. The highest BCUT2D eigenvalue weighted by molar-refractivity contribution is 5.69. The summed E-state index contributed by atoms with van der Waals surface area (Å²) in [5.74, 6) is 2.51. The number of ether oxygens (including phenoxy) is 3. The molecule has 1 aromatic rings. The van der Waals surface area contributed by atoms with Gasteiger partial charge in [-0.25, -0.2) is 0 Å². The van der Waals surface area contributed by atoms with Gasteiger partial charge in [0.25, 0.3) is 0 Å². The number of hydrogen-bond acceptors (Lipinski definition) is 3. The summed E-state index contributed by atoms with van der Waals surface area (Å²) in [4.78, 5) is 0.